The average molecular weight is 496 g/mol. The summed E-state index contributed by atoms with van der Waals surface area (Å²) < 4.78 is 9.62. The highest BCUT2D eigenvalue weighted by molar-refractivity contribution is 6.30. The lowest BCUT2D eigenvalue weighted by molar-refractivity contribution is -0.130. The van der Waals surface area contributed by atoms with Gasteiger partial charge in [-0.05, 0) is 47.2 Å². The summed E-state index contributed by atoms with van der Waals surface area (Å²) in [5.74, 6) is 0.0902. The number of rotatable bonds is 3. The lowest BCUT2D eigenvalue weighted by Gasteiger charge is -2.18. The van der Waals surface area contributed by atoms with Crippen LogP contribution < -0.4 is 4.74 Å². The lowest BCUT2D eigenvalue weighted by atomic mass is 9.96. The number of para-hydroxylation sites is 1. The third-order valence-electron chi connectivity index (χ3n) is 6.97. The zero-order valence-electron chi connectivity index (χ0n) is 20.5. The Kier molecular flexibility index (Phi) is 4.88. The van der Waals surface area contributed by atoms with Gasteiger partial charge >= 0.3 is 5.97 Å². The SMILES string of the molecule is Cn1c(-c2ccccc2)nc2c1cc(/C=C1\C(=O)Oc3cc4ccccc4cc3C1=O)n2-c1ccccc1. The Balaban J connectivity index is 1.42. The van der Waals surface area contributed by atoms with E-state index >= 15 is 0 Å². The van der Waals surface area contributed by atoms with Crippen LogP contribution in [0.4, 0.5) is 0 Å². The fourth-order valence-corrected chi connectivity index (χ4v) is 5.10. The number of aryl methyl sites for hydroxylation is 1. The Morgan fingerprint density at radius 1 is 0.789 bits per heavy atom. The fraction of sp³-hybridized carbons (Fsp3) is 0.0312. The van der Waals surface area contributed by atoms with Gasteiger partial charge in [-0.15, -0.1) is 0 Å². The van der Waals surface area contributed by atoms with Gasteiger partial charge in [0.15, 0.2) is 5.65 Å². The van der Waals surface area contributed by atoms with Crippen LogP contribution in [-0.4, -0.2) is 25.9 Å². The van der Waals surface area contributed by atoms with Crippen LogP contribution in [0.2, 0.25) is 0 Å². The molecule has 1 aliphatic heterocycles. The molecule has 0 radical (unpaired) electrons. The first kappa shape index (κ1) is 22.0. The summed E-state index contributed by atoms with van der Waals surface area (Å²) in [6, 6.07) is 32.9. The van der Waals surface area contributed by atoms with Crippen LogP contribution in [0.25, 0.3) is 45.1 Å². The highest BCUT2D eigenvalue weighted by atomic mass is 16.5. The van der Waals surface area contributed by atoms with E-state index in [2.05, 4.69) is 0 Å². The van der Waals surface area contributed by atoms with E-state index in [1.807, 2.05) is 107 Å². The van der Waals surface area contributed by atoms with Crippen LogP contribution in [0.15, 0.2) is 109 Å². The van der Waals surface area contributed by atoms with E-state index in [0.717, 1.165) is 39.0 Å². The molecule has 4 aromatic carbocycles. The molecule has 0 atom stereocenters. The summed E-state index contributed by atoms with van der Waals surface area (Å²) in [5, 5.41) is 1.82. The number of fused-ring (bicyclic) bond motifs is 3. The highest BCUT2D eigenvalue weighted by Gasteiger charge is 2.32. The Bertz CT molecular complexity index is 1930. The molecular weight excluding hydrogens is 474 g/mol. The van der Waals surface area contributed by atoms with Gasteiger partial charge in [0.25, 0.3) is 0 Å². The summed E-state index contributed by atoms with van der Waals surface area (Å²) >= 11 is 0. The summed E-state index contributed by atoms with van der Waals surface area (Å²) in [6.07, 6.45) is 1.61. The summed E-state index contributed by atoms with van der Waals surface area (Å²) in [6.45, 7) is 0. The fourth-order valence-electron chi connectivity index (χ4n) is 5.10. The highest BCUT2D eigenvalue weighted by Crippen LogP contribution is 2.35. The van der Waals surface area contributed by atoms with Crippen molar-refractivity contribution in [3.05, 3.63) is 120 Å². The minimum absolute atomic E-state index is 0.0175. The molecule has 0 saturated carbocycles. The van der Waals surface area contributed by atoms with Crippen LogP contribution in [0.5, 0.6) is 5.75 Å². The molecule has 0 spiro atoms. The van der Waals surface area contributed by atoms with E-state index < -0.39 is 5.97 Å². The Morgan fingerprint density at radius 3 is 2.18 bits per heavy atom. The Labute approximate surface area is 218 Å². The maximum Gasteiger partial charge on any atom is 0.347 e. The standard InChI is InChI=1S/C32H21N3O3/c1-34-27-19-24(18-26-29(36)25-16-21-12-8-9-13-22(21)17-28(25)38-32(26)37)35(23-14-6-3-7-15-23)31(27)33-30(34)20-10-4-2-5-11-20/h2-19H,1H3/b26-18-. The minimum Gasteiger partial charge on any atom is -0.422 e. The summed E-state index contributed by atoms with van der Waals surface area (Å²) in [7, 11) is 1.96. The van der Waals surface area contributed by atoms with E-state index in [0.29, 0.717) is 11.3 Å². The number of esters is 1. The number of nitrogens with zero attached hydrogens (tertiary/aromatic N) is 3. The van der Waals surface area contributed by atoms with Gasteiger partial charge in [0.1, 0.15) is 17.1 Å². The van der Waals surface area contributed by atoms with Gasteiger partial charge in [-0.3, -0.25) is 9.36 Å². The quantitative estimate of drug-likeness (QED) is 0.124. The van der Waals surface area contributed by atoms with Crippen molar-refractivity contribution in [2.24, 2.45) is 7.05 Å². The van der Waals surface area contributed by atoms with Crippen LogP contribution in [0.1, 0.15) is 16.1 Å². The second kappa shape index (κ2) is 8.42. The number of carbonyl (C=O) groups is 2. The molecule has 6 nitrogen and oxygen atoms in total. The second-order valence-corrected chi connectivity index (χ2v) is 9.28. The number of benzene rings is 4. The smallest absolute Gasteiger partial charge is 0.347 e. The maximum atomic E-state index is 13.6. The molecule has 0 fully saturated rings. The molecule has 0 unspecified atom stereocenters. The molecule has 6 aromatic rings. The van der Waals surface area contributed by atoms with Gasteiger partial charge in [0.05, 0.1) is 16.8 Å². The van der Waals surface area contributed by atoms with Gasteiger partial charge < -0.3 is 9.30 Å². The first-order valence-electron chi connectivity index (χ1n) is 12.3. The van der Waals surface area contributed by atoms with Crippen LogP contribution in [-0.2, 0) is 11.8 Å². The normalized spacial score (nSPS) is 14.3. The number of imidazole rings is 1. The first-order chi connectivity index (χ1) is 18.6. The van der Waals surface area contributed by atoms with Gasteiger partial charge in [-0.1, -0.05) is 72.8 Å². The number of ketones is 1. The third kappa shape index (κ3) is 3.38. The molecule has 2 aromatic heterocycles. The Morgan fingerprint density at radius 2 is 1.45 bits per heavy atom. The predicted octanol–water partition coefficient (Wildman–Crippen LogP) is 6.37. The van der Waals surface area contributed by atoms with Crippen LogP contribution in [0, 0.1) is 0 Å². The van der Waals surface area contributed by atoms with Gasteiger partial charge in [-0.2, -0.15) is 0 Å². The molecule has 0 bridgehead atoms. The third-order valence-corrected chi connectivity index (χ3v) is 6.97. The number of hydrogen-bond acceptors (Lipinski definition) is 4. The molecule has 0 amide bonds. The van der Waals surface area contributed by atoms with Crippen molar-refractivity contribution in [1.82, 2.24) is 14.1 Å². The minimum atomic E-state index is -0.666. The van der Waals surface area contributed by atoms with Crippen molar-refractivity contribution < 1.29 is 14.3 Å². The second-order valence-electron chi connectivity index (χ2n) is 9.28. The molecule has 7 rings (SSSR count). The van der Waals surface area contributed by atoms with Crippen molar-refractivity contribution in [3.63, 3.8) is 0 Å². The lowest BCUT2D eigenvalue weighted by Crippen LogP contribution is -2.25. The van der Waals surface area contributed by atoms with Crippen LogP contribution >= 0.6 is 0 Å². The monoisotopic (exact) mass is 495 g/mol. The average Bonchev–Trinajstić information content (AvgIpc) is 3.46. The maximum absolute atomic E-state index is 13.6. The van der Waals surface area contributed by atoms with Gasteiger partial charge in [0.2, 0.25) is 5.78 Å². The van der Waals surface area contributed by atoms with Gasteiger partial charge in [-0.25, -0.2) is 9.78 Å². The first-order valence-corrected chi connectivity index (χ1v) is 12.3. The predicted molar refractivity (Wildman–Crippen MR) is 147 cm³/mol. The zero-order valence-corrected chi connectivity index (χ0v) is 20.5. The van der Waals surface area contributed by atoms with E-state index in [1.165, 1.54) is 0 Å². The van der Waals surface area contributed by atoms with Crippen molar-refractivity contribution in [1.29, 1.82) is 0 Å². The molecule has 1 aliphatic rings. The number of aromatic nitrogens is 3. The Hall–Kier alpha value is -5.23. The van der Waals surface area contributed by atoms with E-state index in [1.54, 1.807) is 18.2 Å². The molecule has 0 saturated heterocycles. The molecule has 38 heavy (non-hydrogen) atoms. The molecular formula is C32H21N3O3. The summed E-state index contributed by atoms with van der Waals surface area (Å²) in [5.41, 5.74) is 4.50. The van der Waals surface area contributed by atoms with E-state index in [-0.39, 0.29) is 17.1 Å². The number of Topliss-reactive ketones (excluding diaryl/α,β-unsaturated/α-hetero) is 1. The van der Waals surface area contributed by atoms with Crippen molar-refractivity contribution in [2.75, 3.05) is 0 Å². The molecule has 0 aliphatic carbocycles. The molecule has 0 N–H and O–H groups in total. The summed E-state index contributed by atoms with van der Waals surface area (Å²) in [4.78, 5) is 31.6. The molecule has 6 heteroatoms. The number of ether oxygens (including phenoxy) is 1. The molecule has 3 heterocycles. The largest absolute Gasteiger partial charge is 0.422 e. The van der Waals surface area contributed by atoms with E-state index in [9.17, 15) is 9.59 Å². The van der Waals surface area contributed by atoms with Crippen LogP contribution in [0.3, 0.4) is 0 Å². The van der Waals surface area contributed by atoms with Crippen molar-refractivity contribution in [3.8, 4) is 22.8 Å². The zero-order chi connectivity index (χ0) is 25.8. The van der Waals surface area contributed by atoms with Crippen molar-refractivity contribution >= 4 is 39.8 Å². The van der Waals surface area contributed by atoms with E-state index in [4.69, 9.17) is 9.72 Å². The number of carbonyl (C=O) groups excluding carboxylic acids is 2. The molecule has 182 valence electrons. The van der Waals surface area contributed by atoms with Gasteiger partial charge in [0, 0.05) is 18.3 Å². The van der Waals surface area contributed by atoms with Crippen molar-refractivity contribution in [2.45, 2.75) is 0 Å². The number of hydrogen-bond donors (Lipinski definition) is 0. The topological polar surface area (TPSA) is 66.1 Å².